The van der Waals surface area contributed by atoms with Gasteiger partial charge >= 0.3 is 0 Å². The number of nitrogen functional groups attached to an aromatic ring is 1. The Balaban J connectivity index is 1.94. The second kappa shape index (κ2) is 7.48. The van der Waals surface area contributed by atoms with E-state index >= 15 is 0 Å². The summed E-state index contributed by atoms with van der Waals surface area (Å²) in [6.07, 6.45) is 3.53. The Bertz CT molecular complexity index is 1140. The van der Waals surface area contributed by atoms with Gasteiger partial charge in [-0.25, -0.2) is 15.0 Å². The second-order valence-corrected chi connectivity index (χ2v) is 7.57. The van der Waals surface area contributed by atoms with Crippen LogP contribution in [0, 0.1) is 0 Å². The van der Waals surface area contributed by atoms with Crippen LogP contribution in [0.25, 0.3) is 33.4 Å². The maximum absolute atomic E-state index is 6.21. The number of anilines is 2. The third-order valence-electron chi connectivity index (χ3n) is 4.69. The van der Waals surface area contributed by atoms with Gasteiger partial charge < -0.3 is 10.6 Å². The molecule has 0 bridgehead atoms. The lowest BCUT2D eigenvalue weighted by molar-refractivity contribution is 1.13. The zero-order valence-corrected chi connectivity index (χ0v) is 16.9. The number of benzene rings is 2. The highest BCUT2D eigenvalue weighted by Gasteiger charge is 2.14. The Hall–Kier alpha value is -3.12. The highest BCUT2D eigenvalue weighted by molar-refractivity contribution is 7.98. The molecule has 0 aliphatic heterocycles. The summed E-state index contributed by atoms with van der Waals surface area (Å²) in [5.41, 5.74) is 11.9. The molecule has 28 heavy (non-hydrogen) atoms. The van der Waals surface area contributed by atoms with Gasteiger partial charge in [-0.05, 0) is 47.7 Å². The Morgan fingerprint density at radius 2 is 1.71 bits per heavy atom. The first-order chi connectivity index (χ1) is 13.6. The molecule has 0 saturated heterocycles. The van der Waals surface area contributed by atoms with E-state index in [9.17, 15) is 0 Å². The molecule has 4 rings (SSSR count). The van der Waals surface area contributed by atoms with Crippen LogP contribution in [-0.2, 0) is 0 Å². The van der Waals surface area contributed by atoms with Crippen molar-refractivity contribution in [2.75, 3.05) is 31.0 Å². The van der Waals surface area contributed by atoms with Crippen molar-refractivity contribution in [1.82, 2.24) is 15.0 Å². The van der Waals surface area contributed by atoms with Crippen LogP contribution in [0.15, 0.2) is 65.8 Å². The highest BCUT2D eigenvalue weighted by Crippen LogP contribution is 2.35. The van der Waals surface area contributed by atoms with E-state index in [1.54, 1.807) is 11.8 Å². The van der Waals surface area contributed by atoms with Crippen LogP contribution < -0.4 is 10.6 Å². The van der Waals surface area contributed by atoms with Gasteiger partial charge in [0.15, 0.2) is 5.65 Å². The largest absolute Gasteiger partial charge is 0.383 e. The van der Waals surface area contributed by atoms with Crippen molar-refractivity contribution in [2.45, 2.75) is 4.90 Å². The molecule has 0 aliphatic carbocycles. The van der Waals surface area contributed by atoms with Gasteiger partial charge in [0.05, 0.1) is 11.1 Å². The Morgan fingerprint density at radius 3 is 2.43 bits per heavy atom. The summed E-state index contributed by atoms with van der Waals surface area (Å²) in [6, 6.07) is 18.8. The average molecular weight is 388 g/mol. The molecule has 5 nitrogen and oxygen atoms in total. The van der Waals surface area contributed by atoms with Crippen LogP contribution in [0.2, 0.25) is 0 Å². The molecule has 2 N–H and O–H groups in total. The maximum atomic E-state index is 6.21. The van der Waals surface area contributed by atoms with Crippen LogP contribution in [0.3, 0.4) is 0 Å². The number of rotatable bonds is 4. The Morgan fingerprint density at radius 1 is 0.929 bits per heavy atom. The first kappa shape index (κ1) is 18.3. The van der Waals surface area contributed by atoms with Gasteiger partial charge in [-0.3, -0.25) is 0 Å². The number of fused-ring (bicyclic) bond motifs is 1. The zero-order valence-electron chi connectivity index (χ0n) is 16.0. The lowest BCUT2D eigenvalue weighted by Gasteiger charge is -2.14. The number of nitrogens with two attached hydrogens (primary N) is 1. The smallest absolute Gasteiger partial charge is 0.165 e. The third-order valence-corrected chi connectivity index (χ3v) is 5.42. The summed E-state index contributed by atoms with van der Waals surface area (Å²) >= 11 is 1.71. The van der Waals surface area contributed by atoms with Gasteiger partial charge in [0.2, 0.25) is 0 Å². The lowest BCUT2D eigenvalue weighted by atomic mass is 9.99. The van der Waals surface area contributed by atoms with E-state index in [4.69, 9.17) is 10.7 Å². The molecular formula is C22H21N5S. The minimum atomic E-state index is 0.441. The first-order valence-corrected chi connectivity index (χ1v) is 10.1. The van der Waals surface area contributed by atoms with E-state index in [1.807, 2.05) is 14.1 Å². The minimum absolute atomic E-state index is 0.441. The SMILES string of the molecule is CSc1cccc(-c2cc(-c3ccc(N(C)C)cc3)nc3ncnc(N)c23)c1. The summed E-state index contributed by atoms with van der Waals surface area (Å²) < 4.78 is 0. The van der Waals surface area contributed by atoms with Crippen LogP contribution in [0.1, 0.15) is 0 Å². The van der Waals surface area contributed by atoms with Crippen molar-refractivity contribution in [3.63, 3.8) is 0 Å². The normalized spacial score (nSPS) is 11.0. The molecule has 0 atom stereocenters. The number of aromatic nitrogens is 3. The first-order valence-electron chi connectivity index (χ1n) is 8.90. The molecule has 2 aromatic heterocycles. The molecule has 2 heterocycles. The number of hydrogen-bond donors (Lipinski definition) is 1. The minimum Gasteiger partial charge on any atom is -0.383 e. The van der Waals surface area contributed by atoms with Crippen molar-refractivity contribution in [3.8, 4) is 22.4 Å². The molecule has 0 radical (unpaired) electrons. The standard InChI is InChI=1S/C22H21N5S/c1-27(2)16-9-7-14(8-10-16)19-12-18(15-5-4-6-17(11-15)28-3)20-21(23)24-13-25-22(20)26-19/h4-13H,1-3H3,(H2,23,24,25,26). The summed E-state index contributed by atoms with van der Waals surface area (Å²) in [7, 11) is 4.06. The quantitative estimate of drug-likeness (QED) is 0.511. The van der Waals surface area contributed by atoms with E-state index in [2.05, 4.69) is 75.7 Å². The number of pyridine rings is 1. The molecule has 0 fully saturated rings. The number of nitrogens with zero attached hydrogens (tertiary/aromatic N) is 4. The van der Waals surface area contributed by atoms with Gasteiger partial charge in [0, 0.05) is 30.2 Å². The Labute approximate surface area is 168 Å². The van der Waals surface area contributed by atoms with Gasteiger partial charge in [-0.15, -0.1) is 11.8 Å². The maximum Gasteiger partial charge on any atom is 0.165 e. The molecule has 4 aromatic rings. The molecule has 0 saturated carbocycles. The predicted octanol–water partition coefficient (Wildman–Crippen LogP) is 4.73. The summed E-state index contributed by atoms with van der Waals surface area (Å²) in [4.78, 5) is 16.6. The lowest BCUT2D eigenvalue weighted by Crippen LogP contribution is -2.08. The van der Waals surface area contributed by atoms with E-state index in [0.717, 1.165) is 33.5 Å². The van der Waals surface area contributed by atoms with E-state index < -0.39 is 0 Å². The van der Waals surface area contributed by atoms with E-state index in [0.29, 0.717) is 11.5 Å². The van der Waals surface area contributed by atoms with Gasteiger partial charge in [0.25, 0.3) is 0 Å². The van der Waals surface area contributed by atoms with Gasteiger partial charge in [0.1, 0.15) is 12.1 Å². The fourth-order valence-corrected chi connectivity index (χ4v) is 3.64. The molecule has 140 valence electrons. The fraction of sp³-hybridized carbons (Fsp3) is 0.136. The van der Waals surface area contributed by atoms with Crippen LogP contribution in [-0.4, -0.2) is 35.3 Å². The van der Waals surface area contributed by atoms with Gasteiger partial charge in [-0.2, -0.15) is 0 Å². The molecule has 6 heteroatoms. The van der Waals surface area contributed by atoms with Crippen molar-refractivity contribution in [1.29, 1.82) is 0 Å². The third kappa shape index (κ3) is 3.39. The molecule has 0 aliphatic rings. The summed E-state index contributed by atoms with van der Waals surface area (Å²) in [5, 5.41) is 0.786. The fourth-order valence-electron chi connectivity index (χ4n) is 3.18. The molecule has 0 spiro atoms. The predicted molar refractivity (Wildman–Crippen MR) is 119 cm³/mol. The van der Waals surface area contributed by atoms with Crippen molar-refractivity contribution in [3.05, 3.63) is 60.9 Å². The zero-order chi connectivity index (χ0) is 19.7. The Kier molecular flexibility index (Phi) is 4.88. The summed E-state index contributed by atoms with van der Waals surface area (Å²) in [5.74, 6) is 0.441. The molecule has 0 amide bonds. The van der Waals surface area contributed by atoms with E-state index in [1.165, 1.54) is 11.2 Å². The van der Waals surface area contributed by atoms with Crippen molar-refractivity contribution in [2.24, 2.45) is 0 Å². The van der Waals surface area contributed by atoms with Crippen LogP contribution >= 0.6 is 11.8 Å². The topological polar surface area (TPSA) is 67.9 Å². The highest BCUT2D eigenvalue weighted by atomic mass is 32.2. The van der Waals surface area contributed by atoms with Crippen LogP contribution in [0.4, 0.5) is 11.5 Å². The second-order valence-electron chi connectivity index (χ2n) is 6.69. The average Bonchev–Trinajstić information content (AvgIpc) is 2.73. The monoisotopic (exact) mass is 387 g/mol. The number of thioether (sulfide) groups is 1. The molecular weight excluding hydrogens is 366 g/mol. The summed E-state index contributed by atoms with van der Waals surface area (Å²) in [6.45, 7) is 0. The number of hydrogen-bond acceptors (Lipinski definition) is 6. The molecule has 0 unspecified atom stereocenters. The van der Waals surface area contributed by atoms with Gasteiger partial charge in [-0.1, -0.05) is 24.3 Å². The van der Waals surface area contributed by atoms with Crippen molar-refractivity contribution >= 4 is 34.3 Å². The molecule has 2 aromatic carbocycles. The van der Waals surface area contributed by atoms with Crippen molar-refractivity contribution < 1.29 is 0 Å². The van der Waals surface area contributed by atoms with E-state index in [-0.39, 0.29) is 0 Å². The van der Waals surface area contributed by atoms with Crippen LogP contribution in [0.5, 0.6) is 0 Å².